The first-order valence-electron chi connectivity index (χ1n) is 5.47. The maximum atomic E-state index is 13.4. The van der Waals surface area contributed by atoms with Crippen molar-refractivity contribution in [1.29, 1.82) is 0 Å². The van der Waals surface area contributed by atoms with E-state index in [0.717, 1.165) is 0 Å². The van der Waals surface area contributed by atoms with Crippen molar-refractivity contribution < 1.29 is 13.9 Å². The number of hydrogen-bond donors (Lipinski definition) is 2. The molecule has 98 valence electrons. The Labute approximate surface area is 109 Å². The molecule has 0 saturated heterocycles. The Morgan fingerprint density at radius 3 is 2.68 bits per heavy atom. The van der Waals surface area contributed by atoms with Crippen molar-refractivity contribution in [3.63, 3.8) is 0 Å². The third-order valence-electron chi connectivity index (χ3n) is 2.50. The molecule has 2 rings (SSSR count). The van der Waals surface area contributed by atoms with Gasteiger partial charge in [0.15, 0.2) is 0 Å². The van der Waals surface area contributed by atoms with Crippen LogP contribution in [0.1, 0.15) is 16.1 Å². The van der Waals surface area contributed by atoms with Crippen LogP contribution in [0.15, 0.2) is 30.3 Å². The molecule has 0 radical (unpaired) electrons. The highest BCUT2D eigenvalue weighted by atomic mass is 19.1. The highest BCUT2D eigenvalue weighted by Gasteiger charge is 2.10. The van der Waals surface area contributed by atoms with E-state index in [2.05, 4.69) is 4.98 Å². The van der Waals surface area contributed by atoms with Crippen LogP contribution in [-0.2, 0) is 0 Å². The van der Waals surface area contributed by atoms with Gasteiger partial charge in [-0.1, -0.05) is 6.07 Å². The van der Waals surface area contributed by atoms with Crippen LogP contribution in [0.2, 0.25) is 0 Å². The topological polar surface area (TPSA) is 91.2 Å². The first-order chi connectivity index (χ1) is 8.97. The molecule has 1 amide bonds. The van der Waals surface area contributed by atoms with E-state index >= 15 is 0 Å². The van der Waals surface area contributed by atoms with Crippen molar-refractivity contribution in [2.45, 2.75) is 6.92 Å². The Kier molecular flexibility index (Phi) is 3.33. The fraction of sp³-hybridized carbons (Fsp3) is 0.0769. The predicted octanol–water partition coefficient (Wildman–Crippen LogP) is 2.00. The van der Waals surface area contributed by atoms with Crippen LogP contribution >= 0.6 is 0 Å². The van der Waals surface area contributed by atoms with Crippen molar-refractivity contribution in [3.8, 4) is 11.6 Å². The number of nitrogens with two attached hydrogens (primary N) is 2. The molecule has 0 fully saturated rings. The lowest BCUT2D eigenvalue weighted by atomic mass is 10.2. The van der Waals surface area contributed by atoms with E-state index in [1.807, 2.05) is 0 Å². The van der Waals surface area contributed by atoms with Crippen molar-refractivity contribution >= 4 is 11.6 Å². The fourth-order valence-electron chi connectivity index (χ4n) is 1.42. The number of hydrogen-bond acceptors (Lipinski definition) is 4. The highest BCUT2D eigenvalue weighted by Crippen LogP contribution is 2.26. The largest absolute Gasteiger partial charge is 0.437 e. The summed E-state index contributed by atoms with van der Waals surface area (Å²) in [5, 5.41) is 0. The maximum Gasteiger partial charge on any atom is 0.267 e. The third kappa shape index (κ3) is 2.79. The van der Waals surface area contributed by atoms with Gasteiger partial charge in [0.25, 0.3) is 5.91 Å². The standard InChI is InChI=1S/C13H12FN3O2/c1-7-2-3-8(6-9(7)14)19-13-10(15)4-5-11(17-13)12(16)18/h2-6H,15H2,1H3,(H2,16,18). The van der Waals surface area contributed by atoms with Gasteiger partial charge < -0.3 is 16.2 Å². The summed E-state index contributed by atoms with van der Waals surface area (Å²) in [5.74, 6) is -0.842. The van der Waals surface area contributed by atoms with E-state index in [1.165, 1.54) is 18.2 Å². The number of aromatic nitrogens is 1. The summed E-state index contributed by atoms with van der Waals surface area (Å²) in [6.45, 7) is 1.64. The first kappa shape index (κ1) is 12.8. The lowest BCUT2D eigenvalue weighted by Gasteiger charge is -2.08. The number of aryl methyl sites for hydroxylation is 1. The van der Waals surface area contributed by atoms with Crippen LogP contribution in [-0.4, -0.2) is 10.9 Å². The number of nitrogen functional groups attached to an aromatic ring is 1. The van der Waals surface area contributed by atoms with E-state index in [4.69, 9.17) is 16.2 Å². The van der Waals surface area contributed by atoms with Crippen molar-refractivity contribution in [2.24, 2.45) is 5.73 Å². The van der Waals surface area contributed by atoms with Crippen LogP contribution in [0.3, 0.4) is 0 Å². The molecule has 0 spiro atoms. The number of anilines is 1. The van der Waals surface area contributed by atoms with Gasteiger partial charge >= 0.3 is 0 Å². The second-order valence-corrected chi connectivity index (χ2v) is 3.97. The molecule has 2 aromatic rings. The summed E-state index contributed by atoms with van der Waals surface area (Å²) in [4.78, 5) is 14.9. The number of nitrogens with zero attached hydrogens (tertiary/aromatic N) is 1. The third-order valence-corrected chi connectivity index (χ3v) is 2.50. The number of halogens is 1. The molecular formula is C13H12FN3O2. The number of benzene rings is 1. The lowest BCUT2D eigenvalue weighted by molar-refractivity contribution is 0.0995. The second kappa shape index (κ2) is 4.93. The molecule has 19 heavy (non-hydrogen) atoms. The van der Waals surface area contributed by atoms with E-state index in [0.29, 0.717) is 5.56 Å². The molecule has 0 aliphatic rings. The maximum absolute atomic E-state index is 13.4. The second-order valence-electron chi connectivity index (χ2n) is 3.97. The Bertz CT molecular complexity index is 644. The lowest BCUT2D eigenvalue weighted by Crippen LogP contribution is -2.13. The van der Waals surface area contributed by atoms with Gasteiger partial charge in [-0.05, 0) is 30.7 Å². The van der Waals surface area contributed by atoms with E-state index in [-0.39, 0.29) is 23.0 Å². The molecular weight excluding hydrogens is 249 g/mol. The van der Waals surface area contributed by atoms with Gasteiger partial charge in [0.05, 0.1) is 5.69 Å². The van der Waals surface area contributed by atoms with Crippen LogP contribution in [0.25, 0.3) is 0 Å². The number of carbonyl (C=O) groups is 1. The van der Waals surface area contributed by atoms with Crippen molar-refractivity contribution in [3.05, 3.63) is 47.4 Å². The van der Waals surface area contributed by atoms with Crippen molar-refractivity contribution in [1.82, 2.24) is 4.98 Å². The molecule has 1 aromatic carbocycles. The summed E-state index contributed by atoms with van der Waals surface area (Å²) in [7, 11) is 0. The number of amides is 1. The molecule has 6 heteroatoms. The summed E-state index contributed by atoms with van der Waals surface area (Å²) < 4.78 is 18.7. The molecule has 1 heterocycles. The highest BCUT2D eigenvalue weighted by molar-refractivity contribution is 5.91. The van der Waals surface area contributed by atoms with E-state index in [1.54, 1.807) is 19.1 Å². The van der Waals surface area contributed by atoms with E-state index < -0.39 is 11.7 Å². The quantitative estimate of drug-likeness (QED) is 0.884. The summed E-state index contributed by atoms with van der Waals surface area (Å²) >= 11 is 0. The van der Waals surface area contributed by atoms with Gasteiger partial charge in [0, 0.05) is 6.07 Å². The van der Waals surface area contributed by atoms with Crippen molar-refractivity contribution in [2.75, 3.05) is 5.73 Å². The van der Waals surface area contributed by atoms with Gasteiger partial charge in [-0.25, -0.2) is 9.37 Å². The van der Waals surface area contributed by atoms with Gasteiger partial charge in [-0.15, -0.1) is 0 Å². The zero-order valence-electron chi connectivity index (χ0n) is 10.2. The van der Waals surface area contributed by atoms with Crippen LogP contribution in [0.4, 0.5) is 10.1 Å². The monoisotopic (exact) mass is 261 g/mol. The summed E-state index contributed by atoms with van der Waals surface area (Å²) in [6.07, 6.45) is 0. The van der Waals surface area contributed by atoms with Gasteiger partial charge in [-0.2, -0.15) is 0 Å². The Hall–Kier alpha value is -2.63. The minimum Gasteiger partial charge on any atom is -0.437 e. The first-order valence-corrected chi connectivity index (χ1v) is 5.47. The Morgan fingerprint density at radius 1 is 1.32 bits per heavy atom. The Balaban J connectivity index is 2.34. The number of ether oxygens (including phenoxy) is 1. The average molecular weight is 261 g/mol. The molecule has 4 N–H and O–H groups in total. The predicted molar refractivity (Wildman–Crippen MR) is 68.4 cm³/mol. The van der Waals surface area contributed by atoms with Gasteiger partial charge in [-0.3, -0.25) is 4.79 Å². The smallest absolute Gasteiger partial charge is 0.267 e. The molecule has 0 unspecified atom stereocenters. The summed E-state index contributed by atoms with van der Waals surface area (Å²) in [5.41, 5.74) is 11.5. The number of rotatable bonds is 3. The minimum absolute atomic E-state index is 0.0135. The molecule has 5 nitrogen and oxygen atoms in total. The molecule has 1 aromatic heterocycles. The Morgan fingerprint density at radius 2 is 2.05 bits per heavy atom. The molecule has 0 aliphatic carbocycles. The zero-order valence-corrected chi connectivity index (χ0v) is 10.2. The van der Waals surface area contributed by atoms with E-state index in [9.17, 15) is 9.18 Å². The summed E-state index contributed by atoms with van der Waals surface area (Å²) in [6, 6.07) is 7.20. The van der Waals surface area contributed by atoms with Gasteiger partial charge in [0.2, 0.25) is 5.88 Å². The SMILES string of the molecule is Cc1ccc(Oc2nc(C(N)=O)ccc2N)cc1F. The minimum atomic E-state index is -0.695. The van der Waals surface area contributed by atoms with Crippen LogP contribution in [0.5, 0.6) is 11.6 Å². The molecule has 0 bridgehead atoms. The fourth-order valence-corrected chi connectivity index (χ4v) is 1.42. The molecule has 0 atom stereocenters. The van der Waals surface area contributed by atoms with Gasteiger partial charge in [0.1, 0.15) is 17.3 Å². The molecule has 0 saturated carbocycles. The average Bonchev–Trinajstić information content (AvgIpc) is 2.36. The number of pyridine rings is 1. The van der Waals surface area contributed by atoms with Crippen LogP contribution in [0, 0.1) is 12.7 Å². The number of primary amides is 1. The zero-order chi connectivity index (χ0) is 14.0. The number of carbonyl (C=O) groups excluding carboxylic acids is 1. The molecule has 0 aliphatic heterocycles. The van der Waals surface area contributed by atoms with Crippen LogP contribution < -0.4 is 16.2 Å². The normalized spacial score (nSPS) is 10.2.